The van der Waals surface area contributed by atoms with Gasteiger partial charge < -0.3 is 9.15 Å². The maximum atomic E-state index is 12.1. The molecule has 5 nitrogen and oxygen atoms in total. The van der Waals surface area contributed by atoms with Crippen molar-refractivity contribution < 1.29 is 13.9 Å². The molecule has 1 amide bonds. The van der Waals surface area contributed by atoms with Crippen LogP contribution in [0.5, 0.6) is 5.75 Å². The Hall–Kier alpha value is -2.79. The molecule has 0 spiro atoms. The number of fused-ring (bicyclic) bond motifs is 1. The molecule has 0 unspecified atom stereocenters. The Morgan fingerprint density at radius 3 is 2.87 bits per heavy atom. The minimum atomic E-state index is -0.432. The fourth-order valence-electron chi connectivity index (χ4n) is 2.12. The van der Waals surface area contributed by atoms with E-state index >= 15 is 0 Å². The fourth-order valence-corrected chi connectivity index (χ4v) is 2.30. The van der Waals surface area contributed by atoms with E-state index < -0.39 is 5.91 Å². The van der Waals surface area contributed by atoms with Crippen LogP contribution in [0.15, 0.2) is 58.0 Å². The molecule has 23 heavy (non-hydrogen) atoms. The minimum absolute atomic E-state index is 0.196. The number of rotatable bonds is 4. The van der Waals surface area contributed by atoms with Crippen LogP contribution < -0.4 is 10.2 Å². The van der Waals surface area contributed by atoms with Crippen LogP contribution in [-0.4, -0.2) is 19.2 Å². The van der Waals surface area contributed by atoms with Crippen molar-refractivity contribution in [2.45, 2.75) is 0 Å². The summed E-state index contributed by atoms with van der Waals surface area (Å²) < 4.78 is 10.7. The number of carbonyl (C=O) groups excluding carboxylic acids is 1. The smallest absolute Gasteiger partial charge is 0.307 e. The summed E-state index contributed by atoms with van der Waals surface area (Å²) in [5.74, 6) is 0.371. The number of halogens is 1. The summed E-state index contributed by atoms with van der Waals surface area (Å²) in [5, 5.41) is 5.33. The maximum Gasteiger partial charge on any atom is 0.307 e. The predicted molar refractivity (Wildman–Crippen MR) is 89.3 cm³/mol. The minimum Gasteiger partial charge on any atom is -0.496 e. The van der Waals surface area contributed by atoms with E-state index in [9.17, 15) is 4.79 Å². The van der Waals surface area contributed by atoms with E-state index in [0.29, 0.717) is 21.9 Å². The number of methoxy groups -OCH3 is 1. The Labute approximate surface area is 137 Å². The van der Waals surface area contributed by atoms with E-state index in [1.807, 2.05) is 18.2 Å². The number of hydrogen-bond donors (Lipinski definition) is 1. The molecule has 0 radical (unpaired) electrons. The van der Waals surface area contributed by atoms with Crippen LogP contribution in [0.4, 0.5) is 0 Å². The number of nitrogens with one attached hydrogen (secondary N) is 1. The number of benzene rings is 2. The summed E-state index contributed by atoms with van der Waals surface area (Å²) in [6.45, 7) is 0. The van der Waals surface area contributed by atoms with Gasteiger partial charge in [-0.1, -0.05) is 29.8 Å². The molecular formula is C17H13ClN2O3. The van der Waals surface area contributed by atoms with E-state index in [2.05, 4.69) is 10.5 Å². The van der Waals surface area contributed by atoms with Crippen molar-refractivity contribution in [3.8, 4) is 5.75 Å². The van der Waals surface area contributed by atoms with Crippen LogP contribution in [0.3, 0.4) is 0 Å². The molecule has 0 fully saturated rings. The summed E-state index contributed by atoms with van der Waals surface area (Å²) in [6.07, 6.45) is 1.46. The molecule has 1 heterocycles. The molecule has 6 heteroatoms. The highest BCUT2D eigenvalue weighted by molar-refractivity contribution is 6.30. The van der Waals surface area contributed by atoms with Gasteiger partial charge in [0.05, 0.1) is 13.3 Å². The quantitative estimate of drug-likeness (QED) is 0.584. The average Bonchev–Trinajstić information content (AvgIpc) is 2.99. The van der Waals surface area contributed by atoms with Gasteiger partial charge in [-0.05, 0) is 30.3 Å². The zero-order valence-electron chi connectivity index (χ0n) is 12.2. The van der Waals surface area contributed by atoms with E-state index in [1.54, 1.807) is 37.4 Å². The summed E-state index contributed by atoms with van der Waals surface area (Å²) >= 11 is 5.94. The van der Waals surface area contributed by atoms with Gasteiger partial charge in [0.25, 0.3) is 0 Å². The molecule has 0 atom stereocenters. The number of ether oxygens (including phenoxy) is 1. The summed E-state index contributed by atoms with van der Waals surface area (Å²) in [4.78, 5) is 12.1. The molecule has 0 aliphatic carbocycles. The van der Waals surface area contributed by atoms with Gasteiger partial charge in [-0.15, -0.1) is 0 Å². The Kier molecular flexibility index (Phi) is 4.30. The molecule has 0 aliphatic rings. The van der Waals surface area contributed by atoms with Crippen molar-refractivity contribution >= 4 is 34.7 Å². The topological polar surface area (TPSA) is 63.8 Å². The molecule has 0 bridgehead atoms. The third kappa shape index (κ3) is 3.35. The van der Waals surface area contributed by atoms with Gasteiger partial charge in [-0.3, -0.25) is 4.79 Å². The Morgan fingerprint density at radius 1 is 1.26 bits per heavy atom. The number of furan rings is 1. The molecular weight excluding hydrogens is 316 g/mol. The summed E-state index contributed by atoms with van der Waals surface area (Å²) in [5.41, 5.74) is 3.73. The molecule has 0 saturated heterocycles. The van der Waals surface area contributed by atoms with Crippen LogP contribution in [0.25, 0.3) is 11.0 Å². The van der Waals surface area contributed by atoms with E-state index in [0.717, 1.165) is 5.39 Å². The molecule has 3 aromatic rings. The third-order valence-electron chi connectivity index (χ3n) is 3.21. The molecule has 0 aliphatic heterocycles. The second-order valence-electron chi connectivity index (χ2n) is 4.73. The van der Waals surface area contributed by atoms with Crippen LogP contribution in [0, 0.1) is 0 Å². The predicted octanol–water partition coefficient (Wildman–Crippen LogP) is 3.86. The van der Waals surface area contributed by atoms with Gasteiger partial charge in [0, 0.05) is 16.0 Å². The van der Waals surface area contributed by atoms with E-state index in [4.69, 9.17) is 20.8 Å². The molecule has 1 N–H and O–H groups in total. The van der Waals surface area contributed by atoms with Crippen molar-refractivity contribution in [3.05, 3.63) is 64.9 Å². The van der Waals surface area contributed by atoms with Crippen molar-refractivity contribution in [3.63, 3.8) is 0 Å². The van der Waals surface area contributed by atoms with Gasteiger partial charge in [0.2, 0.25) is 0 Å². The lowest BCUT2D eigenvalue weighted by Gasteiger charge is -2.04. The van der Waals surface area contributed by atoms with Crippen LogP contribution in [0.2, 0.25) is 5.02 Å². The fraction of sp³-hybridized carbons (Fsp3) is 0.0588. The molecule has 1 aromatic heterocycles. The first-order chi connectivity index (χ1) is 11.2. The first kappa shape index (κ1) is 15.1. The largest absolute Gasteiger partial charge is 0.496 e. The number of amides is 1. The highest BCUT2D eigenvalue weighted by Crippen LogP contribution is 2.21. The average molecular weight is 329 g/mol. The van der Waals surface area contributed by atoms with Gasteiger partial charge in [0.1, 0.15) is 11.3 Å². The Balaban J connectivity index is 1.74. The highest BCUT2D eigenvalue weighted by atomic mass is 35.5. The number of hydrazone groups is 1. The highest BCUT2D eigenvalue weighted by Gasteiger charge is 2.11. The van der Waals surface area contributed by atoms with Crippen molar-refractivity contribution in [2.75, 3.05) is 7.11 Å². The lowest BCUT2D eigenvalue weighted by atomic mass is 10.2. The summed E-state index contributed by atoms with van der Waals surface area (Å²) in [7, 11) is 1.55. The number of para-hydroxylation sites is 1. The second kappa shape index (κ2) is 6.54. The molecule has 3 rings (SSSR count). The van der Waals surface area contributed by atoms with Crippen LogP contribution in [0.1, 0.15) is 16.1 Å². The first-order valence-electron chi connectivity index (χ1n) is 6.83. The lowest BCUT2D eigenvalue weighted by molar-refractivity contribution is 0.0929. The molecule has 0 saturated carbocycles. The third-order valence-corrected chi connectivity index (χ3v) is 3.45. The Bertz CT molecular complexity index is 853. The lowest BCUT2D eigenvalue weighted by Crippen LogP contribution is -2.16. The zero-order valence-corrected chi connectivity index (χ0v) is 13.0. The van der Waals surface area contributed by atoms with Crippen LogP contribution >= 0.6 is 11.6 Å². The van der Waals surface area contributed by atoms with Crippen molar-refractivity contribution in [1.82, 2.24) is 5.43 Å². The number of hydrogen-bond acceptors (Lipinski definition) is 4. The van der Waals surface area contributed by atoms with Crippen LogP contribution in [-0.2, 0) is 0 Å². The molecule has 116 valence electrons. The number of nitrogens with zero attached hydrogens (tertiary/aromatic N) is 1. The van der Waals surface area contributed by atoms with Gasteiger partial charge in [0.15, 0.2) is 5.76 Å². The standard InChI is InChI=1S/C17H13ClN2O3/c1-22-14-7-6-13(18)8-12(14)10-19-20-17(21)16-9-11-4-2-3-5-15(11)23-16/h2-10H,1H3,(H,20,21)/b19-10+. The maximum absolute atomic E-state index is 12.1. The summed E-state index contributed by atoms with van der Waals surface area (Å²) in [6, 6.07) is 14.2. The first-order valence-corrected chi connectivity index (χ1v) is 7.20. The monoisotopic (exact) mass is 328 g/mol. The zero-order chi connectivity index (χ0) is 16.2. The van der Waals surface area contributed by atoms with Gasteiger partial charge in [-0.25, -0.2) is 5.43 Å². The van der Waals surface area contributed by atoms with E-state index in [1.165, 1.54) is 6.21 Å². The second-order valence-corrected chi connectivity index (χ2v) is 5.17. The molecule has 2 aromatic carbocycles. The van der Waals surface area contributed by atoms with Crippen molar-refractivity contribution in [2.24, 2.45) is 5.10 Å². The van der Waals surface area contributed by atoms with Gasteiger partial charge >= 0.3 is 5.91 Å². The van der Waals surface area contributed by atoms with E-state index in [-0.39, 0.29) is 5.76 Å². The normalized spacial score (nSPS) is 11.0. The van der Waals surface area contributed by atoms with Crippen molar-refractivity contribution in [1.29, 1.82) is 0 Å². The Morgan fingerprint density at radius 2 is 2.09 bits per heavy atom. The van der Waals surface area contributed by atoms with Gasteiger partial charge in [-0.2, -0.15) is 5.10 Å². The SMILES string of the molecule is COc1ccc(Cl)cc1/C=N/NC(=O)c1cc2ccccc2o1. The number of carbonyl (C=O) groups is 1.